The normalized spacial score (nSPS) is 9.76. The van der Waals surface area contributed by atoms with Crippen molar-refractivity contribution in [2.75, 3.05) is 20.1 Å². The van der Waals surface area contributed by atoms with Crippen molar-refractivity contribution in [2.24, 2.45) is 0 Å². The van der Waals surface area contributed by atoms with E-state index in [0.29, 0.717) is 12.1 Å². The molecule has 1 rings (SSSR count). The highest BCUT2D eigenvalue weighted by atomic mass is 16.3. The van der Waals surface area contributed by atoms with Gasteiger partial charge in [-0.1, -0.05) is 0 Å². The minimum absolute atomic E-state index is 0.0344. The van der Waals surface area contributed by atoms with Crippen LogP contribution in [0.2, 0.25) is 0 Å². The molecular formula is C12H16N2O3. The van der Waals surface area contributed by atoms with Gasteiger partial charge < -0.3 is 15.3 Å². The summed E-state index contributed by atoms with van der Waals surface area (Å²) in [5, 5.41) is 11.6. The Labute approximate surface area is 100 Å². The fourth-order valence-corrected chi connectivity index (χ4v) is 1.37. The van der Waals surface area contributed by atoms with E-state index in [-0.39, 0.29) is 24.1 Å². The summed E-state index contributed by atoms with van der Waals surface area (Å²) in [6.07, 6.45) is 0. The molecule has 0 aromatic heterocycles. The number of carbonyl (C=O) groups excluding carboxylic acids is 2. The van der Waals surface area contributed by atoms with Crippen LogP contribution in [0, 0.1) is 0 Å². The predicted molar refractivity (Wildman–Crippen MR) is 63.8 cm³/mol. The molecule has 5 heteroatoms. The third kappa shape index (κ3) is 3.48. The van der Waals surface area contributed by atoms with Crippen molar-refractivity contribution in [2.45, 2.75) is 6.92 Å². The van der Waals surface area contributed by atoms with Crippen LogP contribution in [0.15, 0.2) is 24.3 Å². The van der Waals surface area contributed by atoms with Gasteiger partial charge in [0.05, 0.1) is 6.54 Å². The van der Waals surface area contributed by atoms with Crippen molar-refractivity contribution in [1.29, 1.82) is 0 Å². The number of aromatic hydroxyl groups is 1. The summed E-state index contributed by atoms with van der Waals surface area (Å²) in [5.74, 6) is -0.328. The number of phenolic OH excluding ortho intramolecular Hbond substituents is 1. The second-order valence-corrected chi connectivity index (χ2v) is 3.54. The number of amides is 2. The molecule has 0 aliphatic rings. The zero-order chi connectivity index (χ0) is 12.8. The summed E-state index contributed by atoms with van der Waals surface area (Å²) in [5.41, 5.74) is 0.452. The van der Waals surface area contributed by atoms with Crippen molar-refractivity contribution < 1.29 is 14.7 Å². The maximum absolute atomic E-state index is 12.0. The largest absolute Gasteiger partial charge is 0.508 e. The van der Waals surface area contributed by atoms with Gasteiger partial charge in [-0.3, -0.25) is 9.59 Å². The SMILES string of the molecule is CCN(CC(=O)NC)C(=O)c1ccc(O)cc1. The first kappa shape index (κ1) is 13.0. The summed E-state index contributed by atoms with van der Waals surface area (Å²) in [6, 6.07) is 5.95. The van der Waals surface area contributed by atoms with E-state index in [2.05, 4.69) is 5.32 Å². The lowest BCUT2D eigenvalue weighted by Gasteiger charge is -2.19. The van der Waals surface area contributed by atoms with Crippen molar-refractivity contribution in [3.05, 3.63) is 29.8 Å². The lowest BCUT2D eigenvalue weighted by Crippen LogP contribution is -2.39. The quantitative estimate of drug-likeness (QED) is 0.804. The van der Waals surface area contributed by atoms with Gasteiger partial charge in [0.2, 0.25) is 5.91 Å². The molecule has 0 spiro atoms. The number of phenols is 1. The number of likely N-dealkylation sites (N-methyl/N-ethyl adjacent to an activating group) is 2. The van der Waals surface area contributed by atoms with E-state index in [4.69, 9.17) is 5.11 Å². The van der Waals surface area contributed by atoms with Crippen LogP contribution in [0.3, 0.4) is 0 Å². The number of nitrogens with one attached hydrogen (secondary N) is 1. The maximum atomic E-state index is 12.0. The highest BCUT2D eigenvalue weighted by Crippen LogP contribution is 2.11. The maximum Gasteiger partial charge on any atom is 0.254 e. The minimum atomic E-state index is -0.226. The summed E-state index contributed by atoms with van der Waals surface area (Å²) in [4.78, 5) is 24.7. The van der Waals surface area contributed by atoms with Gasteiger partial charge in [0.15, 0.2) is 0 Å². The zero-order valence-corrected chi connectivity index (χ0v) is 9.93. The van der Waals surface area contributed by atoms with Crippen molar-refractivity contribution in [3.8, 4) is 5.75 Å². The minimum Gasteiger partial charge on any atom is -0.508 e. The number of hydrogen-bond donors (Lipinski definition) is 2. The number of hydrogen-bond acceptors (Lipinski definition) is 3. The third-order valence-electron chi connectivity index (χ3n) is 2.40. The molecule has 17 heavy (non-hydrogen) atoms. The Morgan fingerprint density at radius 1 is 1.29 bits per heavy atom. The molecule has 0 fully saturated rings. The number of benzene rings is 1. The summed E-state index contributed by atoms with van der Waals surface area (Å²) < 4.78 is 0. The summed E-state index contributed by atoms with van der Waals surface area (Å²) in [6.45, 7) is 2.29. The van der Waals surface area contributed by atoms with E-state index in [1.165, 1.54) is 36.2 Å². The first-order chi connectivity index (χ1) is 8.08. The van der Waals surface area contributed by atoms with E-state index in [9.17, 15) is 9.59 Å². The first-order valence-corrected chi connectivity index (χ1v) is 5.37. The lowest BCUT2D eigenvalue weighted by molar-refractivity contribution is -0.121. The second-order valence-electron chi connectivity index (χ2n) is 3.54. The highest BCUT2D eigenvalue weighted by molar-refractivity contribution is 5.96. The monoisotopic (exact) mass is 236 g/mol. The Bertz CT molecular complexity index is 401. The molecule has 5 nitrogen and oxygen atoms in total. The molecule has 2 amide bonds. The molecule has 0 atom stereocenters. The van der Waals surface area contributed by atoms with E-state index in [1.807, 2.05) is 0 Å². The molecule has 0 unspecified atom stereocenters. The van der Waals surface area contributed by atoms with Crippen LogP contribution in [-0.2, 0) is 4.79 Å². The molecule has 0 heterocycles. The average molecular weight is 236 g/mol. The van der Waals surface area contributed by atoms with Crippen molar-refractivity contribution in [3.63, 3.8) is 0 Å². The fourth-order valence-electron chi connectivity index (χ4n) is 1.37. The van der Waals surface area contributed by atoms with Gasteiger partial charge in [0, 0.05) is 19.2 Å². The van der Waals surface area contributed by atoms with Gasteiger partial charge in [-0.05, 0) is 31.2 Å². The molecule has 0 radical (unpaired) electrons. The van der Waals surface area contributed by atoms with Crippen LogP contribution in [0.25, 0.3) is 0 Å². The average Bonchev–Trinajstić information content (AvgIpc) is 2.35. The second kappa shape index (κ2) is 5.89. The van der Waals surface area contributed by atoms with E-state index >= 15 is 0 Å². The molecule has 0 saturated heterocycles. The number of carbonyl (C=O) groups is 2. The zero-order valence-electron chi connectivity index (χ0n) is 9.93. The van der Waals surface area contributed by atoms with Gasteiger partial charge in [-0.2, -0.15) is 0 Å². The Morgan fingerprint density at radius 2 is 1.88 bits per heavy atom. The molecule has 1 aromatic carbocycles. The van der Waals surface area contributed by atoms with Crippen molar-refractivity contribution >= 4 is 11.8 Å². The van der Waals surface area contributed by atoms with Crippen LogP contribution in [0.4, 0.5) is 0 Å². The Kier molecular flexibility index (Phi) is 4.51. The Balaban J connectivity index is 2.78. The Morgan fingerprint density at radius 3 is 2.35 bits per heavy atom. The van der Waals surface area contributed by atoms with Crippen molar-refractivity contribution in [1.82, 2.24) is 10.2 Å². The van der Waals surface area contributed by atoms with Gasteiger partial charge >= 0.3 is 0 Å². The Hall–Kier alpha value is -2.04. The topological polar surface area (TPSA) is 69.6 Å². The van der Waals surface area contributed by atoms with E-state index in [0.717, 1.165) is 0 Å². The molecular weight excluding hydrogens is 220 g/mol. The number of rotatable bonds is 4. The molecule has 0 saturated carbocycles. The molecule has 0 aliphatic heterocycles. The van der Waals surface area contributed by atoms with Crippen LogP contribution in [0.1, 0.15) is 17.3 Å². The predicted octanol–water partition coefficient (Wildman–Crippen LogP) is 0.600. The lowest BCUT2D eigenvalue weighted by atomic mass is 10.2. The third-order valence-corrected chi connectivity index (χ3v) is 2.40. The molecule has 0 aliphatic carbocycles. The number of nitrogens with zero attached hydrogens (tertiary/aromatic N) is 1. The van der Waals surface area contributed by atoms with E-state index < -0.39 is 0 Å². The van der Waals surface area contributed by atoms with Gasteiger partial charge in [-0.15, -0.1) is 0 Å². The van der Waals surface area contributed by atoms with Gasteiger partial charge in [-0.25, -0.2) is 0 Å². The van der Waals surface area contributed by atoms with Crippen LogP contribution in [-0.4, -0.2) is 42.0 Å². The molecule has 0 bridgehead atoms. The highest BCUT2D eigenvalue weighted by Gasteiger charge is 2.16. The first-order valence-electron chi connectivity index (χ1n) is 5.37. The molecule has 1 aromatic rings. The van der Waals surface area contributed by atoms with Crippen LogP contribution < -0.4 is 5.32 Å². The molecule has 92 valence electrons. The standard InChI is InChI=1S/C12H16N2O3/c1-3-14(8-11(16)13-2)12(17)9-4-6-10(15)7-5-9/h4-7,15H,3,8H2,1-2H3,(H,13,16). The van der Waals surface area contributed by atoms with E-state index in [1.54, 1.807) is 6.92 Å². The van der Waals surface area contributed by atoms with Crippen LogP contribution in [0.5, 0.6) is 5.75 Å². The summed E-state index contributed by atoms with van der Waals surface area (Å²) >= 11 is 0. The molecule has 2 N–H and O–H groups in total. The summed E-state index contributed by atoms with van der Waals surface area (Å²) in [7, 11) is 1.53. The van der Waals surface area contributed by atoms with Gasteiger partial charge in [0.25, 0.3) is 5.91 Å². The smallest absolute Gasteiger partial charge is 0.254 e. The van der Waals surface area contributed by atoms with Gasteiger partial charge in [0.1, 0.15) is 5.75 Å². The van der Waals surface area contributed by atoms with Crippen LogP contribution >= 0.6 is 0 Å². The fraction of sp³-hybridized carbons (Fsp3) is 0.333.